The predicted octanol–water partition coefficient (Wildman–Crippen LogP) is 1.80. The fourth-order valence-electron chi connectivity index (χ4n) is 7.48. The molecule has 1 amide bonds. The van der Waals surface area contributed by atoms with E-state index in [0.29, 0.717) is 24.3 Å². The third-order valence-corrected chi connectivity index (χ3v) is 9.48. The number of nitrogens with one attached hydrogen (secondary N) is 1. The molecule has 0 bridgehead atoms. The molecule has 0 saturated heterocycles. The number of hydrogen-bond acceptors (Lipinski definition) is 10. The summed E-state index contributed by atoms with van der Waals surface area (Å²) in [6.07, 6.45) is -0.205. The third kappa shape index (κ3) is 4.74. The van der Waals surface area contributed by atoms with Crippen LogP contribution in [-0.2, 0) is 41.7 Å². The number of rotatable bonds is 7. The Morgan fingerprint density at radius 3 is 2.40 bits per heavy atom. The summed E-state index contributed by atoms with van der Waals surface area (Å²) in [6.45, 7) is 2.48. The van der Waals surface area contributed by atoms with Gasteiger partial charge in [0.2, 0.25) is 5.91 Å². The number of carbonyl (C=O) groups excluding carboxylic acids is 6. The van der Waals surface area contributed by atoms with E-state index in [1.54, 1.807) is 13.0 Å². The monoisotopic (exact) mass is 612 g/mol. The number of carbonyl (C=O) groups is 6. The highest BCUT2D eigenvalue weighted by atomic mass is 16.5. The standard InChI is InChI=1S/C34H32N2O9/c1-2-45-26(39)15-36-14-16-7-8-21(20-6-4-3-5-19(16)20)22-9-10-24(37)28-23(22)12-17-11-18-13-25(38)29(33(35)43)32(42)34(18,44)31(41)27(17)30(28)40/h3-10,17-18,27,29,36-37,44H,2,11-15H2,1H3,(H2,35,43)/t17-,18+,27?,29?,34+/m1/s1. The number of esters is 1. The van der Waals surface area contributed by atoms with Gasteiger partial charge < -0.3 is 26.0 Å². The first-order chi connectivity index (χ1) is 21.5. The summed E-state index contributed by atoms with van der Waals surface area (Å²) in [6, 6.07) is 14.6. The molecule has 0 radical (unpaired) electrons. The van der Waals surface area contributed by atoms with Crippen molar-refractivity contribution in [3.05, 3.63) is 65.2 Å². The highest BCUT2D eigenvalue weighted by Crippen LogP contribution is 2.51. The van der Waals surface area contributed by atoms with Crippen molar-refractivity contribution < 1.29 is 43.7 Å². The Morgan fingerprint density at radius 2 is 1.69 bits per heavy atom. The van der Waals surface area contributed by atoms with Crippen molar-refractivity contribution in [1.82, 2.24) is 5.32 Å². The van der Waals surface area contributed by atoms with E-state index in [2.05, 4.69) is 5.32 Å². The van der Waals surface area contributed by atoms with Crippen molar-refractivity contribution in [3.63, 3.8) is 0 Å². The number of aliphatic hydroxyl groups is 1. The zero-order valence-electron chi connectivity index (χ0n) is 24.5. The van der Waals surface area contributed by atoms with Gasteiger partial charge in [0.15, 0.2) is 34.7 Å². The van der Waals surface area contributed by atoms with Crippen LogP contribution in [-0.4, -0.2) is 64.0 Å². The number of phenolic OH excluding ortho intramolecular Hbond substituents is 1. The number of ether oxygens (including phenoxy) is 1. The van der Waals surface area contributed by atoms with Crippen LogP contribution in [0.15, 0.2) is 48.5 Å². The van der Waals surface area contributed by atoms with Gasteiger partial charge in [0.1, 0.15) is 5.75 Å². The number of hydrogen-bond donors (Lipinski definition) is 4. The minimum absolute atomic E-state index is 0.0158. The van der Waals surface area contributed by atoms with Crippen LogP contribution in [0.2, 0.25) is 0 Å². The van der Waals surface area contributed by atoms with Gasteiger partial charge in [-0.25, -0.2) is 0 Å². The average molecular weight is 613 g/mol. The Bertz CT molecular complexity index is 1810. The molecular weight excluding hydrogens is 580 g/mol. The quantitative estimate of drug-likeness (QED) is 0.226. The summed E-state index contributed by atoms with van der Waals surface area (Å²) in [4.78, 5) is 77.3. The molecule has 0 heterocycles. The first kappa shape index (κ1) is 30.3. The second-order valence-corrected chi connectivity index (χ2v) is 12.0. The van der Waals surface area contributed by atoms with Crippen LogP contribution < -0.4 is 11.1 Å². The Morgan fingerprint density at radius 1 is 0.978 bits per heavy atom. The molecule has 0 spiro atoms. The van der Waals surface area contributed by atoms with Crippen LogP contribution in [0.3, 0.4) is 0 Å². The van der Waals surface area contributed by atoms with Gasteiger partial charge >= 0.3 is 5.97 Å². The molecule has 3 aromatic carbocycles. The van der Waals surface area contributed by atoms with Gasteiger partial charge in [-0.1, -0.05) is 42.5 Å². The second-order valence-electron chi connectivity index (χ2n) is 12.0. The molecule has 3 aliphatic carbocycles. The van der Waals surface area contributed by atoms with Crippen molar-refractivity contribution in [1.29, 1.82) is 0 Å². The highest BCUT2D eigenvalue weighted by Gasteiger charge is 2.66. The summed E-state index contributed by atoms with van der Waals surface area (Å²) in [5.74, 6) is -10.9. The minimum atomic E-state index is -2.69. The largest absolute Gasteiger partial charge is 0.507 e. The summed E-state index contributed by atoms with van der Waals surface area (Å²) in [5.41, 5.74) is 5.43. The lowest BCUT2D eigenvalue weighted by Gasteiger charge is -2.48. The van der Waals surface area contributed by atoms with Gasteiger partial charge in [0.25, 0.3) is 0 Å². The normalized spacial score (nSPS) is 25.8. The molecule has 5 atom stereocenters. The molecule has 2 saturated carbocycles. The van der Waals surface area contributed by atoms with Crippen LogP contribution in [0.1, 0.15) is 41.3 Å². The van der Waals surface area contributed by atoms with E-state index in [0.717, 1.165) is 21.9 Å². The first-order valence-corrected chi connectivity index (χ1v) is 14.9. The topological polar surface area (TPSA) is 190 Å². The van der Waals surface area contributed by atoms with Gasteiger partial charge in [-0.3, -0.25) is 28.8 Å². The molecule has 5 N–H and O–H groups in total. The molecule has 11 heteroatoms. The third-order valence-electron chi connectivity index (χ3n) is 9.48. The van der Waals surface area contributed by atoms with Gasteiger partial charge in [-0.15, -0.1) is 0 Å². The Balaban J connectivity index is 1.39. The van der Waals surface area contributed by atoms with Crippen molar-refractivity contribution in [2.75, 3.05) is 13.2 Å². The number of Topliss-reactive ketones (excluding diaryl/α,β-unsaturated/α-hetero) is 4. The predicted molar refractivity (Wildman–Crippen MR) is 160 cm³/mol. The summed E-state index contributed by atoms with van der Waals surface area (Å²) in [7, 11) is 0. The lowest BCUT2D eigenvalue weighted by Crippen LogP contribution is -2.68. The number of primary amides is 1. The van der Waals surface area contributed by atoms with E-state index in [1.807, 2.05) is 36.4 Å². The maximum atomic E-state index is 14.0. The molecule has 2 unspecified atom stereocenters. The van der Waals surface area contributed by atoms with Gasteiger partial charge in [0.05, 0.1) is 24.6 Å². The molecule has 0 aliphatic heterocycles. The van der Waals surface area contributed by atoms with Crippen molar-refractivity contribution in [2.24, 2.45) is 29.4 Å². The van der Waals surface area contributed by atoms with Crippen LogP contribution in [0.5, 0.6) is 5.75 Å². The summed E-state index contributed by atoms with van der Waals surface area (Å²) in [5, 5.41) is 27.2. The molecule has 0 aromatic heterocycles. The SMILES string of the molecule is CCOC(=O)CNCc1ccc(-c2ccc(O)c3c2C[C@H]2C[C@H]4CC(=O)C(C(N)=O)C(=O)[C@@]4(O)C(=O)C2C3=O)c2ccccc12. The molecule has 11 nitrogen and oxygen atoms in total. The Labute approximate surface area is 257 Å². The van der Waals surface area contributed by atoms with Gasteiger partial charge in [-0.05, 0) is 64.8 Å². The van der Waals surface area contributed by atoms with E-state index in [4.69, 9.17) is 10.5 Å². The number of benzene rings is 3. The van der Waals surface area contributed by atoms with E-state index in [-0.39, 0.29) is 36.7 Å². The van der Waals surface area contributed by atoms with E-state index in [9.17, 15) is 39.0 Å². The second kappa shape index (κ2) is 11.3. The van der Waals surface area contributed by atoms with Gasteiger partial charge in [-0.2, -0.15) is 0 Å². The number of aromatic hydroxyl groups is 1. The van der Waals surface area contributed by atoms with Crippen molar-refractivity contribution in [3.8, 4) is 16.9 Å². The first-order valence-electron chi connectivity index (χ1n) is 14.9. The van der Waals surface area contributed by atoms with Crippen LogP contribution in [0.25, 0.3) is 21.9 Å². The summed E-state index contributed by atoms with van der Waals surface area (Å²) < 4.78 is 4.98. The van der Waals surface area contributed by atoms with Crippen LogP contribution >= 0.6 is 0 Å². The molecular formula is C34H32N2O9. The smallest absolute Gasteiger partial charge is 0.319 e. The number of amides is 1. The molecule has 45 heavy (non-hydrogen) atoms. The Hall–Kier alpha value is -4.74. The van der Waals surface area contributed by atoms with Gasteiger partial charge in [0, 0.05) is 18.9 Å². The zero-order valence-corrected chi connectivity index (χ0v) is 24.5. The number of nitrogens with two attached hydrogens (primary N) is 1. The average Bonchev–Trinajstić information content (AvgIpc) is 2.99. The maximum Gasteiger partial charge on any atom is 0.319 e. The molecule has 3 aromatic rings. The number of ketones is 4. The maximum absolute atomic E-state index is 14.0. The van der Waals surface area contributed by atoms with Crippen LogP contribution in [0.4, 0.5) is 0 Å². The van der Waals surface area contributed by atoms with E-state index >= 15 is 0 Å². The fourth-order valence-corrected chi connectivity index (χ4v) is 7.48. The molecule has 6 rings (SSSR count). The lowest BCUT2D eigenvalue weighted by atomic mass is 9.53. The van der Waals surface area contributed by atoms with Crippen molar-refractivity contribution >= 4 is 45.8 Å². The number of fused-ring (bicyclic) bond motifs is 4. The van der Waals surface area contributed by atoms with Crippen LogP contribution in [0, 0.1) is 23.7 Å². The highest BCUT2D eigenvalue weighted by molar-refractivity contribution is 6.31. The molecule has 232 valence electrons. The summed E-state index contributed by atoms with van der Waals surface area (Å²) >= 11 is 0. The van der Waals surface area contributed by atoms with Crippen molar-refractivity contribution in [2.45, 2.75) is 38.3 Å². The number of phenols is 1. The molecule has 2 fully saturated rings. The lowest BCUT2D eigenvalue weighted by molar-refractivity contribution is -0.175. The fraction of sp³-hybridized carbons (Fsp3) is 0.353. The Kier molecular flexibility index (Phi) is 7.62. The molecule has 3 aliphatic rings. The van der Waals surface area contributed by atoms with E-state index in [1.165, 1.54) is 6.07 Å². The minimum Gasteiger partial charge on any atom is -0.507 e. The zero-order chi connectivity index (χ0) is 32.2. The van der Waals surface area contributed by atoms with E-state index < -0.39 is 64.7 Å².